The van der Waals surface area contributed by atoms with Crippen LogP contribution in [0.15, 0.2) is 39.4 Å². The fourth-order valence-corrected chi connectivity index (χ4v) is 1.90. The lowest BCUT2D eigenvalue weighted by molar-refractivity contribution is 0.463. The first-order valence-electron chi connectivity index (χ1n) is 4.53. The lowest BCUT2D eigenvalue weighted by Crippen LogP contribution is -2.12. The summed E-state index contributed by atoms with van der Waals surface area (Å²) in [6.45, 7) is 0. The molecule has 0 radical (unpaired) electrons. The van der Waals surface area contributed by atoms with Gasteiger partial charge in [-0.15, -0.1) is 0 Å². The molecule has 0 aliphatic heterocycles. The predicted molar refractivity (Wildman–Crippen MR) is 63.8 cm³/mol. The molecule has 2 aromatic rings. The van der Waals surface area contributed by atoms with Crippen LogP contribution in [0.3, 0.4) is 0 Å². The maximum atomic E-state index is 13.5. The molecule has 0 aliphatic rings. The molecule has 2 N–H and O–H groups in total. The van der Waals surface area contributed by atoms with Crippen LogP contribution in [0.5, 0.6) is 0 Å². The van der Waals surface area contributed by atoms with Crippen molar-refractivity contribution in [2.45, 2.75) is 6.04 Å². The molecule has 2 rings (SSSR count). The van der Waals surface area contributed by atoms with E-state index in [1.807, 2.05) is 0 Å². The summed E-state index contributed by atoms with van der Waals surface area (Å²) in [6, 6.07) is 7.00. The van der Waals surface area contributed by atoms with E-state index in [0.29, 0.717) is 21.0 Å². The second-order valence-corrected chi connectivity index (χ2v) is 4.50. The summed E-state index contributed by atoms with van der Waals surface area (Å²) in [5.41, 5.74) is 6.20. The summed E-state index contributed by atoms with van der Waals surface area (Å²) in [6.07, 6.45) is 0. The van der Waals surface area contributed by atoms with E-state index in [9.17, 15) is 4.39 Å². The fraction of sp³-hybridized carbons (Fsp3) is 0.0909. The Morgan fingerprint density at radius 1 is 1.31 bits per heavy atom. The number of benzene rings is 1. The first-order chi connectivity index (χ1) is 7.58. The summed E-state index contributed by atoms with van der Waals surface area (Å²) in [5, 5.41) is 0.442. The third kappa shape index (κ3) is 2.29. The molecule has 0 bridgehead atoms. The van der Waals surface area contributed by atoms with Gasteiger partial charge >= 0.3 is 0 Å². The molecule has 0 fully saturated rings. The minimum Gasteiger partial charge on any atom is -0.452 e. The minimum absolute atomic E-state index is 0.314. The molecule has 0 saturated heterocycles. The van der Waals surface area contributed by atoms with E-state index in [4.69, 9.17) is 21.8 Å². The van der Waals surface area contributed by atoms with Crippen LogP contribution in [-0.2, 0) is 0 Å². The first kappa shape index (κ1) is 11.6. The summed E-state index contributed by atoms with van der Waals surface area (Å²) in [5.74, 6) is 0.0810. The normalized spacial score (nSPS) is 12.8. The molecule has 0 spiro atoms. The Balaban J connectivity index is 2.40. The second-order valence-electron chi connectivity index (χ2n) is 3.29. The van der Waals surface area contributed by atoms with Crippen LogP contribution in [0.25, 0.3) is 0 Å². The monoisotopic (exact) mass is 303 g/mol. The molecule has 5 heteroatoms. The lowest BCUT2D eigenvalue weighted by atomic mass is 10.1. The smallest absolute Gasteiger partial charge is 0.169 e. The zero-order chi connectivity index (χ0) is 11.7. The Morgan fingerprint density at radius 2 is 2.06 bits per heavy atom. The third-order valence-electron chi connectivity index (χ3n) is 2.19. The van der Waals surface area contributed by atoms with Crippen LogP contribution in [0.2, 0.25) is 5.02 Å². The number of furan rings is 1. The van der Waals surface area contributed by atoms with Crippen LogP contribution in [0, 0.1) is 5.82 Å². The zero-order valence-corrected chi connectivity index (χ0v) is 10.4. The van der Waals surface area contributed by atoms with Gasteiger partial charge in [-0.25, -0.2) is 4.39 Å². The quantitative estimate of drug-likeness (QED) is 0.914. The predicted octanol–water partition coefficient (Wildman–Crippen LogP) is 3.88. The van der Waals surface area contributed by atoms with Gasteiger partial charge in [-0.2, -0.15) is 0 Å². The van der Waals surface area contributed by atoms with Gasteiger partial charge in [-0.05, 0) is 46.3 Å². The molecular weight excluding hydrogens is 296 g/mol. The SMILES string of the molecule is NC(c1ccc(Br)o1)c1cc(Cl)ccc1F. The van der Waals surface area contributed by atoms with Gasteiger partial charge in [0.25, 0.3) is 0 Å². The highest BCUT2D eigenvalue weighted by atomic mass is 79.9. The molecule has 1 atom stereocenters. The van der Waals surface area contributed by atoms with Crippen molar-refractivity contribution in [2.24, 2.45) is 5.73 Å². The Morgan fingerprint density at radius 3 is 2.69 bits per heavy atom. The summed E-state index contributed by atoms with van der Waals surface area (Å²) < 4.78 is 19.4. The number of rotatable bonds is 2. The van der Waals surface area contributed by atoms with Crippen LogP contribution in [0.1, 0.15) is 17.4 Å². The molecule has 84 valence electrons. The molecule has 1 aromatic carbocycles. The summed E-state index contributed by atoms with van der Waals surface area (Å²) in [4.78, 5) is 0. The Kier molecular flexibility index (Phi) is 3.33. The highest BCUT2D eigenvalue weighted by molar-refractivity contribution is 9.10. The number of halogens is 3. The van der Waals surface area contributed by atoms with Gasteiger partial charge in [0.05, 0.1) is 6.04 Å². The molecule has 1 unspecified atom stereocenters. The van der Waals surface area contributed by atoms with Crippen molar-refractivity contribution in [1.29, 1.82) is 0 Å². The molecule has 0 aliphatic carbocycles. The molecule has 16 heavy (non-hydrogen) atoms. The van der Waals surface area contributed by atoms with Gasteiger partial charge < -0.3 is 10.2 Å². The van der Waals surface area contributed by atoms with Crippen LogP contribution < -0.4 is 5.73 Å². The fourth-order valence-electron chi connectivity index (χ4n) is 1.40. The van der Waals surface area contributed by atoms with Gasteiger partial charge in [0.15, 0.2) is 4.67 Å². The van der Waals surface area contributed by atoms with Gasteiger partial charge in [0, 0.05) is 10.6 Å². The van der Waals surface area contributed by atoms with Gasteiger partial charge in [0.2, 0.25) is 0 Å². The molecule has 2 nitrogen and oxygen atoms in total. The standard InChI is InChI=1S/C11H8BrClFNO/c12-10-4-3-9(16-10)11(15)7-5-6(13)1-2-8(7)14/h1-5,11H,15H2. The average molecular weight is 305 g/mol. The van der Waals surface area contributed by atoms with Gasteiger partial charge in [-0.3, -0.25) is 0 Å². The van der Waals surface area contributed by atoms with E-state index in [-0.39, 0.29) is 0 Å². The maximum Gasteiger partial charge on any atom is 0.169 e. The van der Waals surface area contributed by atoms with E-state index in [1.165, 1.54) is 18.2 Å². The zero-order valence-electron chi connectivity index (χ0n) is 8.08. The molecule has 0 saturated carbocycles. The van der Waals surface area contributed by atoms with Gasteiger partial charge in [-0.1, -0.05) is 11.6 Å². The lowest BCUT2D eigenvalue weighted by Gasteiger charge is -2.10. The van der Waals surface area contributed by atoms with E-state index in [1.54, 1.807) is 12.1 Å². The van der Waals surface area contributed by atoms with E-state index in [2.05, 4.69) is 15.9 Å². The van der Waals surface area contributed by atoms with Crippen molar-refractivity contribution in [3.8, 4) is 0 Å². The molecule has 1 heterocycles. The van der Waals surface area contributed by atoms with Crippen LogP contribution in [-0.4, -0.2) is 0 Å². The summed E-state index contributed by atoms with van der Waals surface area (Å²) >= 11 is 8.96. The van der Waals surface area contributed by atoms with E-state index < -0.39 is 11.9 Å². The van der Waals surface area contributed by atoms with Crippen molar-refractivity contribution in [2.75, 3.05) is 0 Å². The van der Waals surface area contributed by atoms with Crippen molar-refractivity contribution < 1.29 is 8.81 Å². The topological polar surface area (TPSA) is 39.2 Å². The molecule has 1 aromatic heterocycles. The Labute approximate surface area is 105 Å². The van der Waals surface area contributed by atoms with E-state index in [0.717, 1.165) is 0 Å². The number of hydrogen-bond acceptors (Lipinski definition) is 2. The van der Waals surface area contributed by atoms with Crippen LogP contribution in [0.4, 0.5) is 4.39 Å². The summed E-state index contributed by atoms with van der Waals surface area (Å²) in [7, 11) is 0. The van der Waals surface area contributed by atoms with Crippen molar-refractivity contribution in [1.82, 2.24) is 0 Å². The molecular formula is C11H8BrClFNO. The highest BCUT2D eigenvalue weighted by Gasteiger charge is 2.17. The average Bonchev–Trinajstić information content (AvgIpc) is 2.67. The Bertz CT molecular complexity index is 514. The van der Waals surface area contributed by atoms with Crippen LogP contribution >= 0.6 is 27.5 Å². The number of hydrogen-bond donors (Lipinski definition) is 1. The van der Waals surface area contributed by atoms with Gasteiger partial charge in [0.1, 0.15) is 11.6 Å². The first-order valence-corrected chi connectivity index (χ1v) is 5.71. The second kappa shape index (κ2) is 4.57. The largest absolute Gasteiger partial charge is 0.452 e. The minimum atomic E-state index is -0.662. The van der Waals surface area contributed by atoms with Crippen molar-refractivity contribution in [3.05, 3.63) is 57.2 Å². The van der Waals surface area contributed by atoms with Crippen molar-refractivity contribution >= 4 is 27.5 Å². The highest BCUT2D eigenvalue weighted by Crippen LogP contribution is 2.27. The van der Waals surface area contributed by atoms with Crippen molar-refractivity contribution in [3.63, 3.8) is 0 Å². The molecule has 0 amide bonds. The third-order valence-corrected chi connectivity index (χ3v) is 2.85. The number of nitrogens with two attached hydrogens (primary N) is 1. The van der Waals surface area contributed by atoms with E-state index >= 15 is 0 Å². The maximum absolute atomic E-state index is 13.5. The Hall–Kier alpha value is -0.840.